The first-order valence-electron chi connectivity index (χ1n) is 35.5. The molecule has 1 unspecified atom stereocenters. The van der Waals surface area contributed by atoms with E-state index >= 15 is 0 Å². The lowest BCUT2D eigenvalue weighted by Crippen LogP contribution is -2.62. The van der Waals surface area contributed by atoms with Gasteiger partial charge in [0.15, 0.2) is 19.8 Å². The highest BCUT2D eigenvalue weighted by Gasteiger charge is 2.62. The summed E-state index contributed by atoms with van der Waals surface area (Å²) in [6, 6.07) is 0. The van der Waals surface area contributed by atoms with E-state index in [0.29, 0.717) is 49.9 Å². The maximum Gasteiger partial charge on any atom is 0.344 e. The van der Waals surface area contributed by atoms with Gasteiger partial charge in [0.1, 0.15) is 22.4 Å². The second-order valence-electron chi connectivity index (χ2n) is 32.6. The molecule has 10 aliphatic rings. The van der Waals surface area contributed by atoms with E-state index in [1.165, 1.54) is 77.0 Å². The molecule has 10 saturated carbocycles. The minimum Gasteiger partial charge on any atom is -0.465 e. The van der Waals surface area contributed by atoms with Gasteiger partial charge in [-0.3, -0.25) is 24.0 Å². The van der Waals surface area contributed by atoms with Crippen molar-refractivity contribution in [2.75, 3.05) is 26.4 Å². The molecule has 516 valence electrons. The first-order chi connectivity index (χ1) is 41.9. The SMILES string of the molecule is CCC(C)(C)C(=O)OCC(=O)OC1(C(C)C)C2CC3CC(C2)CC1C3.CCC(C)(C)C(=O)OCC(=O)OC1(C)CCCC1.CCC(C)(C)C(=O)OCC(=O)OC1(C)CCCCC1.CCC(C)(C)C(=O)OCCCC(=O)OC(C)(CC)C12CC3CC(CC(C3)C1)C2. The second kappa shape index (κ2) is 31.8. The molecule has 0 N–H and O–H groups in total. The van der Waals surface area contributed by atoms with Gasteiger partial charge in [0.05, 0.1) is 28.3 Å². The van der Waals surface area contributed by atoms with Crippen LogP contribution in [0.2, 0.25) is 0 Å². The van der Waals surface area contributed by atoms with Crippen LogP contribution in [-0.4, -0.2) is 96.6 Å². The Labute approximate surface area is 543 Å². The molecule has 8 bridgehead atoms. The van der Waals surface area contributed by atoms with Crippen LogP contribution in [0.1, 0.15) is 298 Å². The molecule has 0 aromatic rings. The van der Waals surface area contributed by atoms with E-state index < -0.39 is 33.6 Å². The standard InChI is InChI=1S/C24H40O4.C21H34O4.C15H26O4.C14H24O4/c1-6-22(3,4)21(26)27-10-8-9-20(25)28-23(5,7-2)24-14-17-11-18(15-24)13-19(12-17)16-24;1-6-20(4,5)19(23)24-12-18(22)25-21(13(2)3)16-8-14-7-15(10-16)11-17(21)9-14;1-5-14(2,3)13(17)18-11-12(16)19-15(4)9-7-6-8-10-15;1-5-13(2,3)12(16)17-10-11(15)18-14(4)8-6-7-9-14/h17-19H,6-16H2,1-5H3;13-17H,6-12H2,1-5H3;5-11H2,1-4H3;5-10H2,1-4H3. The van der Waals surface area contributed by atoms with Gasteiger partial charge in [0.25, 0.3) is 0 Å². The van der Waals surface area contributed by atoms with E-state index in [4.69, 9.17) is 37.9 Å². The number of rotatable bonds is 25. The molecule has 0 amide bonds. The van der Waals surface area contributed by atoms with Crippen LogP contribution in [-0.2, 0) is 76.3 Å². The van der Waals surface area contributed by atoms with Crippen LogP contribution in [0.4, 0.5) is 0 Å². The van der Waals surface area contributed by atoms with Gasteiger partial charge in [-0.05, 0) is 284 Å². The third-order valence-corrected chi connectivity index (χ3v) is 23.5. The summed E-state index contributed by atoms with van der Waals surface area (Å²) in [5, 5.41) is 0. The number of esters is 8. The average molecular weight is 1270 g/mol. The van der Waals surface area contributed by atoms with E-state index in [2.05, 4.69) is 27.7 Å². The van der Waals surface area contributed by atoms with Crippen LogP contribution in [0.15, 0.2) is 0 Å². The molecular weight excluding hydrogens is 1140 g/mol. The van der Waals surface area contributed by atoms with Crippen LogP contribution >= 0.6 is 0 Å². The second-order valence-corrected chi connectivity index (χ2v) is 32.6. The zero-order valence-electron chi connectivity index (χ0n) is 59.6. The maximum absolute atomic E-state index is 12.6. The molecule has 0 heterocycles. The highest BCUT2D eigenvalue weighted by Crippen LogP contribution is 2.65. The van der Waals surface area contributed by atoms with Crippen molar-refractivity contribution in [3.8, 4) is 0 Å². The molecule has 10 rings (SSSR count). The molecule has 1 atom stereocenters. The third-order valence-electron chi connectivity index (χ3n) is 23.5. The molecule has 0 saturated heterocycles. The summed E-state index contributed by atoms with van der Waals surface area (Å²) in [6.45, 7) is 34.5. The van der Waals surface area contributed by atoms with Crippen molar-refractivity contribution >= 4 is 47.8 Å². The van der Waals surface area contributed by atoms with Crippen molar-refractivity contribution < 1.29 is 76.3 Å². The van der Waals surface area contributed by atoms with E-state index in [0.717, 1.165) is 93.8 Å². The molecule has 0 aliphatic heterocycles. The van der Waals surface area contributed by atoms with E-state index in [1.54, 1.807) is 13.8 Å². The molecule has 10 fully saturated rings. The number of carbonyl (C=O) groups excluding carboxylic acids is 8. The molecular formula is C74H124O16. The third kappa shape index (κ3) is 19.9. The Bertz CT molecular complexity index is 2350. The Balaban J connectivity index is 0.000000222. The average Bonchev–Trinajstić information content (AvgIpc) is 0.771. The fourth-order valence-corrected chi connectivity index (χ4v) is 16.3. The van der Waals surface area contributed by atoms with Crippen LogP contribution in [0.25, 0.3) is 0 Å². The van der Waals surface area contributed by atoms with Gasteiger partial charge >= 0.3 is 47.8 Å². The van der Waals surface area contributed by atoms with Crippen molar-refractivity contribution in [3.63, 3.8) is 0 Å². The molecule has 0 spiro atoms. The number of carbonyl (C=O) groups is 8. The highest BCUT2D eigenvalue weighted by molar-refractivity contribution is 5.81. The monoisotopic (exact) mass is 1270 g/mol. The Morgan fingerprint density at radius 1 is 0.411 bits per heavy atom. The van der Waals surface area contributed by atoms with Crippen molar-refractivity contribution in [1.82, 2.24) is 0 Å². The molecule has 16 nitrogen and oxygen atoms in total. The summed E-state index contributed by atoms with van der Waals surface area (Å²) in [5.74, 6) is 2.86. The van der Waals surface area contributed by atoms with Crippen LogP contribution in [0.3, 0.4) is 0 Å². The maximum atomic E-state index is 12.6. The van der Waals surface area contributed by atoms with Crippen molar-refractivity contribution in [1.29, 1.82) is 0 Å². The molecule has 16 heteroatoms. The van der Waals surface area contributed by atoms with E-state index in [9.17, 15) is 38.4 Å². The van der Waals surface area contributed by atoms with Crippen LogP contribution < -0.4 is 0 Å². The Kier molecular flexibility index (Phi) is 27.0. The van der Waals surface area contributed by atoms with E-state index in [1.807, 2.05) is 83.1 Å². The van der Waals surface area contributed by atoms with Gasteiger partial charge in [-0.15, -0.1) is 0 Å². The van der Waals surface area contributed by atoms with Crippen molar-refractivity contribution in [2.45, 2.75) is 320 Å². The lowest BCUT2D eigenvalue weighted by molar-refractivity contribution is -0.228. The van der Waals surface area contributed by atoms with E-state index in [-0.39, 0.29) is 90.1 Å². The summed E-state index contributed by atoms with van der Waals surface area (Å²) in [7, 11) is 0. The summed E-state index contributed by atoms with van der Waals surface area (Å²) < 4.78 is 43.8. The van der Waals surface area contributed by atoms with Gasteiger partial charge < -0.3 is 37.9 Å². The summed E-state index contributed by atoms with van der Waals surface area (Å²) in [5.41, 5.74) is -3.36. The quantitative estimate of drug-likeness (QED) is 0.0472. The van der Waals surface area contributed by atoms with Crippen LogP contribution in [0, 0.1) is 74.4 Å². The lowest BCUT2D eigenvalue weighted by Gasteiger charge is -2.62. The largest absolute Gasteiger partial charge is 0.465 e. The smallest absolute Gasteiger partial charge is 0.344 e. The Hall–Kier alpha value is -4.24. The van der Waals surface area contributed by atoms with Gasteiger partial charge in [-0.1, -0.05) is 54.9 Å². The molecule has 90 heavy (non-hydrogen) atoms. The van der Waals surface area contributed by atoms with Crippen molar-refractivity contribution in [3.05, 3.63) is 0 Å². The van der Waals surface area contributed by atoms with Crippen molar-refractivity contribution in [2.24, 2.45) is 74.4 Å². The zero-order valence-corrected chi connectivity index (χ0v) is 59.6. The minimum absolute atomic E-state index is 0.133. The van der Waals surface area contributed by atoms with Gasteiger partial charge in [-0.25, -0.2) is 14.4 Å². The van der Waals surface area contributed by atoms with Gasteiger partial charge in [-0.2, -0.15) is 0 Å². The number of hydrogen-bond donors (Lipinski definition) is 0. The first kappa shape index (κ1) is 76.5. The minimum atomic E-state index is -0.557. The van der Waals surface area contributed by atoms with Gasteiger partial charge in [0.2, 0.25) is 0 Å². The summed E-state index contributed by atoms with van der Waals surface area (Å²) >= 11 is 0. The summed E-state index contributed by atoms with van der Waals surface area (Å²) in [4.78, 5) is 96.2. The number of ether oxygens (including phenoxy) is 8. The lowest BCUT2D eigenvalue weighted by atomic mass is 9.45. The predicted octanol–water partition coefficient (Wildman–Crippen LogP) is 16.1. The Morgan fingerprint density at radius 3 is 1.07 bits per heavy atom. The first-order valence-corrected chi connectivity index (χ1v) is 35.5. The Morgan fingerprint density at radius 2 is 0.733 bits per heavy atom. The topological polar surface area (TPSA) is 210 Å². The molecule has 10 aliphatic carbocycles. The normalized spacial score (nSPS) is 28.2. The fourth-order valence-electron chi connectivity index (χ4n) is 16.3. The summed E-state index contributed by atoms with van der Waals surface area (Å²) in [6.07, 6.45) is 27.7. The zero-order chi connectivity index (χ0) is 67.3. The fraction of sp³-hybridized carbons (Fsp3) is 0.892. The molecule has 0 aromatic heterocycles. The van der Waals surface area contributed by atoms with Crippen LogP contribution in [0.5, 0.6) is 0 Å². The number of hydrogen-bond acceptors (Lipinski definition) is 16. The molecule has 0 aromatic carbocycles. The highest BCUT2D eigenvalue weighted by atomic mass is 16.6. The predicted molar refractivity (Wildman–Crippen MR) is 346 cm³/mol. The molecule has 0 radical (unpaired) electrons. The van der Waals surface area contributed by atoms with Gasteiger partial charge in [0, 0.05) is 11.8 Å².